The van der Waals surface area contributed by atoms with Crippen LogP contribution in [0.1, 0.15) is 37.7 Å². The summed E-state index contributed by atoms with van der Waals surface area (Å²) in [7, 11) is 0. The van der Waals surface area contributed by atoms with Crippen LogP contribution in [0.4, 0.5) is 0 Å². The molecule has 1 aromatic heterocycles. The fourth-order valence-electron chi connectivity index (χ4n) is 3.28. The van der Waals surface area contributed by atoms with Gasteiger partial charge in [-0.3, -0.25) is 0 Å². The zero-order chi connectivity index (χ0) is 16.4. The van der Waals surface area contributed by atoms with Gasteiger partial charge in [0.05, 0.1) is 5.60 Å². The number of hydrogen-bond acceptors (Lipinski definition) is 4. The van der Waals surface area contributed by atoms with E-state index in [2.05, 4.69) is 4.84 Å². The molecule has 3 rings (SSSR count). The maximum atomic E-state index is 11.5. The number of aryl methyl sites for hydroxylation is 1. The molecule has 6 heteroatoms. The Morgan fingerprint density at radius 2 is 2.04 bits per heavy atom. The molecule has 1 saturated carbocycles. The number of fused-ring (bicyclic) bond motifs is 1. The lowest BCUT2D eigenvalue weighted by Crippen LogP contribution is -2.39. The van der Waals surface area contributed by atoms with Gasteiger partial charge in [0.15, 0.2) is 0 Å². The number of hydrogen-bond donors (Lipinski definition) is 2. The van der Waals surface area contributed by atoms with Gasteiger partial charge in [-0.25, -0.2) is 9.63 Å². The summed E-state index contributed by atoms with van der Waals surface area (Å²) in [5.74, 6) is 0. The molecule has 0 amide bonds. The monoisotopic (exact) mass is 355 g/mol. The normalized spacial score (nSPS) is 24.9. The number of aliphatic hydroxyl groups is 1. The number of rotatable bonds is 4. The van der Waals surface area contributed by atoms with E-state index in [1.165, 1.54) is 6.07 Å². The molecule has 1 aromatic carbocycles. The van der Waals surface area contributed by atoms with Crippen molar-refractivity contribution in [2.45, 2.75) is 50.2 Å². The van der Waals surface area contributed by atoms with Gasteiger partial charge in [0.2, 0.25) is 0 Å². The van der Waals surface area contributed by atoms with Crippen molar-refractivity contribution in [3.8, 4) is 0 Å². The van der Waals surface area contributed by atoms with E-state index in [0.29, 0.717) is 36.3 Å². The molecule has 1 fully saturated rings. The molecule has 23 heavy (non-hydrogen) atoms. The van der Waals surface area contributed by atoms with Crippen LogP contribution >= 0.6 is 23.4 Å². The summed E-state index contributed by atoms with van der Waals surface area (Å²) < 4.78 is 5.33. The average molecular weight is 356 g/mol. The molecule has 0 spiro atoms. The quantitative estimate of drug-likeness (QED) is 0.646. The predicted molar refractivity (Wildman–Crippen MR) is 92.0 cm³/mol. The Labute approximate surface area is 144 Å². The van der Waals surface area contributed by atoms with Crippen molar-refractivity contribution in [1.82, 2.24) is 4.84 Å². The Bertz CT molecular complexity index is 751. The maximum absolute atomic E-state index is 11.5. The van der Waals surface area contributed by atoms with E-state index in [-0.39, 0.29) is 11.7 Å². The van der Waals surface area contributed by atoms with Crippen LogP contribution in [-0.4, -0.2) is 16.7 Å². The number of benzene rings is 1. The summed E-state index contributed by atoms with van der Waals surface area (Å²) in [5, 5.41) is 12.1. The lowest BCUT2D eigenvalue weighted by atomic mass is 9.79. The zero-order valence-corrected chi connectivity index (χ0v) is 14.2. The van der Waals surface area contributed by atoms with Crippen LogP contribution in [-0.2, 0) is 6.42 Å². The Morgan fingerprint density at radius 3 is 2.74 bits per heavy atom. The Hall–Kier alpha value is -1.07. The second kappa shape index (κ2) is 6.81. The molecule has 4 nitrogen and oxygen atoms in total. The van der Waals surface area contributed by atoms with Crippen molar-refractivity contribution >= 4 is 34.3 Å². The molecule has 124 valence electrons. The van der Waals surface area contributed by atoms with Crippen molar-refractivity contribution in [3.63, 3.8) is 0 Å². The molecule has 0 bridgehead atoms. The van der Waals surface area contributed by atoms with Crippen LogP contribution in [0.3, 0.4) is 0 Å². The van der Waals surface area contributed by atoms with Crippen molar-refractivity contribution in [2.24, 2.45) is 0 Å². The second-order valence-electron chi connectivity index (χ2n) is 6.35. The molecule has 2 aromatic rings. The molecule has 1 aliphatic rings. The van der Waals surface area contributed by atoms with E-state index in [9.17, 15) is 9.90 Å². The van der Waals surface area contributed by atoms with Crippen LogP contribution in [0.25, 0.3) is 11.0 Å². The van der Waals surface area contributed by atoms with Gasteiger partial charge < -0.3 is 9.52 Å². The third-order valence-electron chi connectivity index (χ3n) is 4.69. The van der Waals surface area contributed by atoms with E-state index >= 15 is 0 Å². The van der Waals surface area contributed by atoms with Crippen LogP contribution in [0.2, 0.25) is 5.02 Å². The van der Waals surface area contributed by atoms with Crippen molar-refractivity contribution in [1.29, 1.82) is 0 Å². The van der Waals surface area contributed by atoms with Crippen LogP contribution in [0, 0.1) is 0 Å². The van der Waals surface area contributed by atoms with Crippen LogP contribution < -0.4 is 10.5 Å². The molecular formula is C17H19Cl2NO3. The van der Waals surface area contributed by atoms with E-state index in [1.807, 2.05) is 6.07 Å². The van der Waals surface area contributed by atoms with Gasteiger partial charge in [0.25, 0.3) is 0 Å². The second-order valence-corrected chi connectivity index (χ2v) is 7.00. The fourth-order valence-corrected chi connectivity index (χ4v) is 3.75. The highest BCUT2D eigenvalue weighted by Gasteiger charge is 2.32. The zero-order valence-electron chi connectivity index (χ0n) is 12.6. The van der Waals surface area contributed by atoms with E-state index in [1.54, 1.807) is 12.1 Å². The Kier molecular flexibility index (Phi) is 4.97. The minimum absolute atomic E-state index is 0.266. The largest absolute Gasteiger partial charge is 0.422 e. The van der Waals surface area contributed by atoms with Crippen molar-refractivity contribution < 1.29 is 9.52 Å². The van der Waals surface area contributed by atoms with Crippen molar-refractivity contribution in [2.75, 3.05) is 0 Å². The lowest BCUT2D eigenvalue weighted by molar-refractivity contribution is -0.00874. The smallest absolute Gasteiger partial charge is 0.336 e. The van der Waals surface area contributed by atoms with Gasteiger partial charge in [0, 0.05) is 22.5 Å². The molecule has 0 saturated heterocycles. The van der Waals surface area contributed by atoms with Crippen LogP contribution in [0.15, 0.2) is 33.5 Å². The van der Waals surface area contributed by atoms with E-state index in [4.69, 9.17) is 27.8 Å². The minimum atomic E-state index is -0.700. The summed E-state index contributed by atoms with van der Waals surface area (Å²) in [6.07, 6.45) is 4.34. The molecule has 2 N–H and O–H groups in total. The van der Waals surface area contributed by atoms with Gasteiger partial charge in [-0.1, -0.05) is 11.6 Å². The Balaban J connectivity index is 1.79. The highest BCUT2D eigenvalue weighted by molar-refractivity contribution is 6.31. The molecule has 0 aliphatic heterocycles. The topological polar surface area (TPSA) is 62.5 Å². The fraction of sp³-hybridized carbons (Fsp3) is 0.471. The third kappa shape index (κ3) is 3.89. The molecule has 0 atom stereocenters. The predicted octanol–water partition coefficient (Wildman–Crippen LogP) is 3.80. The summed E-state index contributed by atoms with van der Waals surface area (Å²) >= 11 is 11.8. The van der Waals surface area contributed by atoms with Crippen molar-refractivity contribution in [3.05, 3.63) is 45.3 Å². The highest BCUT2D eigenvalue weighted by Crippen LogP contribution is 2.33. The first-order valence-electron chi connectivity index (χ1n) is 7.80. The minimum Gasteiger partial charge on any atom is -0.422 e. The van der Waals surface area contributed by atoms with Gasteiger partial charge in [-0.15, -0.1) is 0 Å². The summed E-state index contributed by atoms with van der Waals surface area (Å²) in [5.41, 5.74) is 0.333. The van der Waals surface area contributed by atoms with Gasteiger partial charge in [0.1, 0.15) is 5.58 Å². The van der Waals surface area contributed by atoms with E-state index < -0.39 is 5.60 Å². The Morgan fingerprint density at radius 1 is 1.30 bits per heavy atom. The third-order valence-corrected chi connectivity index (χ3v) is 5.22. The summed E-state index contributed by atoms with van der Waals surface area (Å²) in [6.45, 7) is 0. The first-order valence-corrected chi connectivity index (χ1v) is 8.55. The number of halogens is 2. The molecular weight excluding hydrogens is 337 g/mol. The number of nitrogens with one attached hydrogen (secondary N) is 1. The van der Waals surface area contributed by atoms with E-state index in [0.717, 1.165) is 23.8 Å². The first kappa shape index (κ1) is 16.8. The average Bonchev–Trinajstić information content (AvgIpc) is 2.54. The van der Waals surface area contributed by atoms with Gasteiger partial charge in [-0.2, -0.15) is 0 Å². The summed E-state index contributed by atoms with van der Waals surface area (Å²) in [6, 6.07) is 6.94. The lowest BCUT2D eigenvalue weighted by Gasteiger charge is -2.35. The SMILES string of the molecule is O=c1ccc2cc(Cl)cc(CCC3(O)CCC(NCl)CC3)c2o1. The van der Waals surface area contributed by atoms with Gasteiger partial charge in [-0.05, 0) is 74.1 Å². The highest BCUT2D eigenvalue weighted by atomic mass is 35.5. The maximum Gasteiger partial charge on any atom is 0.336 e. The molecule has 0 unspecified atom stereocenters. The molecule has 1 aliphatic carbocycles. The summed E-state index contributed by atoms with van der Waals surface area (Å²) in [4.78, 5) is 14.2. The van der Waals surface area contributed by atoms with Gasteiger partial charge >= 0.3 is 5.63 Å². The molecule has 0 radical (unpaired) electrons. The van der Waals surface area contributed by atoms with Crippen LogP contribution in [0.5, 0.6) is 0 Å². The first-order chi connectivity index (χ1) is 11.0. The standard InChI is InChI=1S/C17H19Cl2NO3/c18-13-9-11-1-2-15(21)23-16(11)12(10-13)3-6-17(22)7-4-14(20-19)5-8-17/h1-2,9-10,14,20,22H,3-8H2. The molecule has 1 heterocycles.